The van der Waals surface area contributed by atoms with Gasteiger partial charge in [-0.25, -0.2) is 9.78 Å². The minimum atomic E-state index is -1.06. The lowest BCUT2D eigenvalue weighted by atomic mass is 10.1. The number of benzene rings is 2. The van der Waals surface area contributed by atoms with Crippen LogP contribution in [0.15, 0.2) is 48.7 Å². The van der Waals surface area contributed by atoms with E-state index >= 15 is 0 Å². The molecule has 0 amide bonds. The van der Waals surface area contributed by atoms with Crippen molar-refractivity contribution >= 4 is 17.6 Å². The van der Waals surface area contributed by atoms with Crippen LogP contribution in [0.25, 0.3) is 17.1 Å². The number of nitrogens with zero attached hydrogens (tertiary/aromatic N) is 2. The summed E-state index contributed by atoms with van der Waals surface area (Å²) >= 11 is 6.20. The topological polar surface area (TPSA) is 55.1 Å². The molecule has 0 saturated carbocycles. The molecule has 0 bridgehead atoms. The van der Waals surface area contributed by atoms with Gasteiger partial charge in [-0.1, -0.05) is 47.5 Å². The molecule has 2 aromatic carbocycles. The smallest absolute Gasteiger partial charge is 0.356 e. The SMILES string of the molecule is Cc1ccc(-c2nc(C(=O)O)cn2-c2cccc(Cl)c2C)cc1. The highest BCUT2D eigenvalue weighted by molar-refractivity contribution is 6.31. The lowest BCUT2D eigenvalue weighted by Crippen LogP contribution is -1.99. The number of aryl methyl sites for hydroxylation is 1. The Bertz CT molecular complexity index is 883. The Morgan fingerprint density at radius 2 is 1.83 bits per heavy atom. The molecule has 0 radical (unpaired) electrons. The van der Waals surface area contributed by atoms with E-state index in [0.717, 1.165) is 22.4 Å². The molecule has 0 aliphatic carbocycles. The Kier molecular flexibility index (Phi) is 3.92. The lowest BCUT2D eigenvalue weighted by Gasteiger charge is -2.12. The number of aromatic carboxylic acids is 1. The van der Waals surface area contributed by atoms with Crippen molar-refractivity contribution in [3.05, 3.63) is 70.5 Å². The molecule has 1 aromatic heterocycles. The Balaban J connectivity index is 2.25. The first-order valence-electron chi connectivity index (χ1n) is 7.12. The van der Waals surface area contributed by atoms with Crippen LogP contribution in [0.2, 0.25) is 5.02 Å². The lowest BCUT2D eigenvalue weighted by molar-refractivity contribution is 0.0691. The van der Waals surface area contributed by atoms with E-state index in [0.29, 0.717) is 10.8 Å². The van der Waals surface area contributed by atoms with E-state index < -0.39 is 5.97 Å². The number of carboxylic acids is 1. The quantitative estimate of drug-likeness (QED) is 0.770. The first-order valence-corrected chi connectivity index (χ1v) is 7.50. The van der Waals surface area contributed by atoms with Crippen LogP contribution >= 0.6 is 11.6 Å². The summed E-state index contributed by atoms with van der Waals surface area (Å²) in [5.74, 6) is -0.482. The van der Waals surface area contributed by atoms with Crippen LogP contribution in [-0.4, -0.2) is 20.6 Å². The Morgan fingerprint density at radius 1 is 1.13 bits per heavy atom. The molecular weight excluding hydrogens is 312 g/mol. The van der Waals surface area contributed by atoms with Gasteiger partial charge < -0.3 is 5.11 Å². The summed E-state index contributed by atoms with van der Waals surface area (Å²) in [5, 5.41) is 9.91. The van der Waals surface area contributed by atoms with E-state index in [1.54, 1.807) is 10.6 Å². The van der Waals surface area contributed by atoms with Crippen molar-refractivity contribution in [2.45, 2.75) is 13.8 Å². The predicted molar refractivity (Wildman–Crippen MR) is 90.4 cm³/mol. The van der Waals surface area contributed by atoms with Crippen LogP contribution in [0, 0.1) is 13.8 Å². The number of rotatable bonds is 3. The number of carbonyl (C=O) groups is 1. The van der Waals surface area contributed by atoms with Crippen LogP contribution in [0.5, 0.6) is 0 Å². The number of imidazole rings is 1. The molecule has 4 nitrogen and oxygen atoms in total. The number of aromatic nitrogens is 2. The fraction of sp³-hybridized carbons (Fsp3) is 0.111. The van der Waals surface area contributed by atoms with E-state index in [1.165, 1.54) is 6.20 Å². The highest BCUT2D eigenvalue weighted by Gasteiger charge is 2.17. The average Bonchev–Trinajstić information content (AvgIpc) is 2.96. The summed E-state index contributed by atoms with van der Waals surface area (Å²) in [6.45, 7) is 3.90. The Labute approximate surface area is 139 Å². The second kappa shape index (κ2) is 5.89. The molecule has 1 heterocycles. The van der Waals surface area contributed by atoms with Crippen molar-refractivity contribution in [3.63, 3.8) is 0 Å². The largest absolute Gasteiger partial charge is 0.476 e. The molecule has 23 heavy (non-hydrogen) atoms. The van der Waals surface area contributed by atoms with E-state index in [4.69, 9.17) is 11.6 Å². The zero-order chi connectivity index (χ0) is 16.6. The van der Waals surface area contributed by atoms with Crippen molar-refractivity contribution in [2.75, 3.05) is 0 Å². The van der Waals surface area contributed by atoms with Crippen molar-refractivity contribution in [3.8, 4) is 17.1 Å². The second-order valence-corrected chi connectivity index (χ2v) is 5.78. The minimum Gasteiger partial charge on any atom is -0.476 e. The van der Waals surface area contributed by atoms with Crippen LogP contribution in [-0.2, 0) is 0 Å². The normalized spacial score (nSPS) is 10.7. The molecule has 0 fully saturated rings. The van der Waals surface area contributed by atoms with Gasteiger partial charge in [-0.3, -0.25) is 4.57 Å². The minimum absolute atomic E-state index is 0.0000458. The maximum Gasteiger partial charge on any atom is 0.356 e. The van der Waals surface area contributed by atoms with E-state index in [1.807, 2.05) is 50.2 Å². The zero-order valence-electron chi connectivity index (χ0n) is 12.7. The third-order valence-corrected chi connectivity index (χ3v) is 4.14. The fourth-order valence-electron chi connectivity index (χ4n) is 2.43. The molecule has 0 aliphatic rings. The molecule has 3 aromatic rings. The zero-order valence-corrected chi connectivity index (χ0v) is 13.5. The van der Waals surface area contributed by atoms with Crippen LogP contribution in [0.4, 0.5) is 0 Å². The first-order chi connectivity index (χ1) is 11.0. The summed E-state index contributed by atoms with van der Waals surface area (Å²) in [4.78, 5) is 15.6. The van der Waals surface area contributed by atoms with Crippen LogP contribution in [0.1, 0.15) is 21.6 Å². The van der Waals surface area contributed by atoms with Crippen LogP contribution in [0.3, 0.4) is 0 Å². The molecule has 1 N–H and O–H groups in total. The van der Waals surface area contributed by atoms with Gasteiger partial charge in [-0.2, -0.15) is 0 Å². The predicted octanol–water partition coefficient (Wildman–Crippen LogP) is 4.51. The summed E-state index contributed by atoms with van der Waals surface area (Å²) < 4.78 is 1.77. The van der Waals surface area contributed by atoms with E-state index in [-0.39, 0.29) is 5.69 Å². The summed E-state index contributed by atoms with van der Waals surface area (Å²) in [7, 11) is 0. The number of hydrogen-bond acceptors (Lipinski definition) is 2. The third kappa shape index (κ3) is 2.85. The Hall–Kier alpha value is -2.59. The highest BCUT2D eigenvalue weighted by Crippen LogP contribution is 2.28. The molecule has 3 rings (SSSR count). The van der Waals surface area contributed by atoms with Crippen molar-refractivity contribution in [1.82, 2.24) is 9.55 Å². The van der Waals surface area contributed by atoms with Gasteiger partial charge >= 0.3 is 5.97 Å². The molecule has 0 saturated heterocycles. The maximum absolute atomic E-state index is 11.3. The van der Waals surface area contributed by atoms with Gasteiger partial charge in [0.1, 0.15) is 5.82 Å². The monoisotopic (exact) mass is 326 g/mol. The highest BCUT2D eigenvalue weighted by atomic mass is 35.5. The molecular formula is C18H15ClN2O2. The van der Waals surface area contributed by atoms with E-state index in [9.17, 15) is 9.90 Å². The van der Waals surface area contributed by atoms with Gasteiger partial charge in [0.2, 0.25) is 0 Å². The maximum atomic E-state index is 11.3. The van der Waals surface area contributed by atoms with Gasteiger partial charge in [0, 0.05) is 16.8 Å². The van der Waals surface area contributed by atoms with Gasteiger partial charge in [0.25, 0.3) is 0 Å². The fourth-order valence-corrected chi connectivity index (χ4v) is 2.60. The molecule has 0 spiro atoms. The molecule has 116 valence electrons. The Morgan fingerprint density at radius 3 is 2.48 bits per heavy atom. The van der Waals surface area contributed by atoms with Crippen molar-refractivity contribution < 1.29 is 9.90 Å². The molecule has 0 atom stereocenters. The molecule has 5 heteroatoms. The van der Waals surface area contributed by atoms with Gasteiger partial charge in [-0.05, 0) is 31.5 Å². The summed E-state index contributed by atoms with van der Waals surface area (Å²) in [6.07, 6.45) is 1.52. The summed E-state index contributed by atoms with van der Waals surface area (Å²) in [6, 6.07) is 13.3. The molecule has 0 unspecified atom stereocenters. The van der Waals surface area contributed by atoms with Crippen molar-refractivity contribution in [1.29, 1.82) is 0 Å². The van der Waals surface area contributed by atoms with Crippen molar-refractivity contribution in [2.24, 2.45) is 0 Å². The van der Waals surface area contributed by atoms with Gasteiger partial charge in [-0.15, -0.1) is 0 Å². The summed E-state index contributed by atoms with van der Waals surface area (Å²) in [5.41, 5.74) is 3.66. The van der Waals surface area contributed by atoms with Gasteiger partial charge in [0.05, 0.1) is 5.69 Å². The van der Waals surface area contributed by atoms with E-state index in [2.05, 4.69) is 4.98 Å². The number of hydrogen-bond donors (Lipinski definition) is 1. The first kappa shape index (κ1) is 15.3. The standard InChI is InChI=1S/C18H15ClN2O2/c1-11-6-8-13(9-7-11)17-20-15(18(22)23)10-21(17)16-5-3-4-14(19)12(16)2/h3-10H,1-2H3,(H,22,23). The second-order valence-electron chi connectivity index (χ2n) is 5.37. The van der Waals surface area contributed by atoms with Gasteiger partial charge in [0.15, 0.2) is 5.69 Å². The number of halogens is 1. The third-order valence-electron chi connectivity index (χ3n) is 3.73. The molecule has 0 aliphatic heterocycles. The number of carboxylic acid groups (broad SMARTS) is 1. The van der Waals surface area contributed by atoms with Crippen LogP contribution < -0.4 is 0 Å². The average molecular weight is 327 g/mol.